The summed E-state index contributed by atoms with van der Waals surface area (Å²) in [7, 11) is -5.03. The monoisotopic (exact) mass is 812 g/mol. The fourth-order valence-electron chi connectivity index (χ4n) is 5.78. The minimum Gasteiger partial charge on any atom is -0.457 e. The second-order valence-corrected chi connectivity index (χ2v) is 15.5. The van der Waals surface area contributed by atoms with Crippen molar-refractivity contribution in [3.05, 3.63) is 72.9 Å². The van der Waals surface area contributed by atoms with Crippen LogP contribution in [0.3, 0.4) is 0 Å². The number of phosphoric acid groups is 1. The van der Waals surface area contributed by atoms with E-state index in [-0.39, 0.29) is 13.0 Å². The van der Waals surface area contributed by atoms with E-state index in [1.807, 2.05) is 0 Å². The first kappa shape index (κ1) is 51.8. The van der Waals surface area contributed by atoms with Gasteiger partial charge in [-0.05, 0) is 57.8 Å². The van der Waals surface area contributed by atoms with Crippen molar-refractivity contribution in [1.82, 2.24) is 0 Å². The van der Waals surface area contributed by atoms with Crippen molar-refractivity contribution in [2.75, 3.05) is 19.8 Å². The Kier molecular flexibility index (Phi) is 31.2. The van der Waals surface area contributed by atoms with Gasteiger partial charge in [0.25, 0.3) is 0 Å². The third-order valence-electron chi connectivity index (χ3n) is 9.09. The molecule has 6 N–H and O–H groups in total. The quantitative estimate of drug-likeness (QED) is 0.0165. The molecule has 0 saturated heterocycles. The largest absolute Gasteiger partial charge is 0.472 e. The SMILES string of the molecule is CC/C=C\C/C=C\C/C=C\C/C=C\C/C=C\C/C=C\CCCOCC(COP(=O)(O)OC1C(O)C(O)C(O)C(O)C1O)OC(=O)CCCCCCCCCCC. The van der Waals surface area contributed by atoms with Crippen molar-refractivity contribution < 1.29 is 58.3 Å². The van der Waals surface area contributed by atoms with E-state index in [0.29, 0.717) is 19.4 Å². The van der Waals surface area contributed by atoms with Crippen LogP contribution in [0.25, 0.3) is 0 Å². The highest BCUT2D eigenvalue weighted by atomic mass is 31.2. The average Bonchev–Trinajstić information content (AvgIpc) is 3.18. The molecule has 322 valence electrons. The van der Waals surface area contributed by atoms with Gasteiger partial charge in [0.15, 0.2) is 0 Å². The highest BCUT2D eigenvalue weighted by Crippen LogP contribution is 2.47. The van der Waals surface area contributed by atoms with Crippen LogP contribution in [0, 0.1) is 0 Å². The van der Waals surface area contributed by atoms with Crippen LogP contribution in [-0.2, 0) is 27.9 Å². The standard InChI is InChI=1S/C43H73O12P/c1-3-5-7-9-11-13-14-15-16-17-18-19-20-21-22-23-25-27-29-31-33-52-34-36(54-37(44)32-30-28-26-24-12-10-8-6-4-2)35-53-56(50,51)55-43-41(48)39(46)38(45)40(47)42(43)49/h5,7,11,13,15-16,18-19,21-22,25,27,36,38-43,45-49H,3-4,6,8-10,12,14,17,20,23-24,26,28-35H2,1-2H3,(H,50,51)/b7-5-,13-11-,16-15-,19-18-,22-21-,27-25-. The normalized spacial score (nSPS) is 23.8. The number of esters is 1. The summed E-state index contributed by atoms with van der Waals surface area (Å²) in [6, 6.07) is 0. The van der Waals surface area contributed by atoms with Crippen LogP contribution in [0.5, 0.6) is 0 Å². The van der Waals surface area contributed by atoms with Crippen LogP contribution in [-0.4, -0.2) is 98.9 Å². The number of unbranched alkanes of at least 4 members (excludes halogenated alkanes) is 9. The lowest BCUT2D eigenvalue weighted by molar-refractivity contribution is -0.220. The maximum absolute atomic E-state index is 12.7. The zero-order valence-electron chi connectivity index (χ0n) is 33.9. The van der Waals surface area contributed by atoms with E-state index >= 15 is 0 Å². The van der Waals surface area contributed by atoms with Crippen LogP contribution in [0.4, 0.5) is 0 Å². The summed E-state index contributed by atoms with van der Waals surface area (Å²) in [5.41, 5.74) is 0. The molecule has 6 atom stereocenters. The van der Waals surface area contributed by atoms with E-state index in [4.69, 9.17) is 18.5 Å². The van der Waals surface area contributed by atoms with Gasteiger partial charge < -0.3 is 39.9 Å². The summed E-state index contributed by atoms with van der Waals surface area (Å²) in [6.07, 6.45) is 30.0. The molecule has 0 aromatic rings. The predicted octanol–water partition coefficient (Wildman–Crippen LogP) is 7.63. The molecule has 0 bridgehead atoms. The van der Waals surface area contributed by atoms with Crippen LogP contribution in [0.2, 0.25) is 0 Å². The van der Waals surface area contributed by atoms with Crippen LogP contribution in [0.1, 0.15) is 129 Å². The maximum Gasteiger partial charge on any atom is 0.472 e. The number of carbonyl (C=O) groups is 1. The second-order valence-electron chi connectivity index (χ2n) is 14.1. The van der Waals surface area contributed by atoms with Crippen molar-refractivity contribution in [2.24, 2.45) is 0 Å². The van der Waals surface area contributed by atoms with Gasteiger partial charge in [-0.3, -0.25) is 13.8 Å². The minimum absolute atomic E-state index is 0.119. The zero-order chi connectivity index (χ0) is 41.3. The Labute approximate surface area is 336 Å². The van der Waals surface area contributed by atoms with E-state index in [0.717, 1.165) is 64.2 Å². The molecule has 0 amide bonds. The first-order valence-corrected chi connectivity index (χ1v) is 22.3. The number of carbonyl (C=O) groups excluding carboxylic acids is 1. The fraction of sp³-hybridized carbons (Fsp3) is 0.698. The molecule has 56 heavy (non-hydrogen) atoms. The number of hydrogen-bond acceptors (Lipinski definition) is 11. The number of aliphatic hydroxyl groups excluding tert-OH is 5. The number of aliphatic hydroxyl groups is 5. The van der Waals surface area contributed by atoms with E-state index < -0.39 is 63.1 Å². The Hall–Kier alpha value is -2.22. The molecule has 1 aliphatic carbocycles. The molecule has 0 heterocycles. The summed E-state index contributed by atoms with van der Waals surface area (Å²) in [5, 5.41) is 50.0. The number of rotatable bonds is 33. The molecule has 13 heteroatoms. The molecule has 1 fully saturated rings. The molecule has 1 rings (SSSR count). The predicted molar refractivity (Wildman–Crippen MR) is 221 cm³/mol. The van der Waals surface area contributed by atoms with Gasteiger partial charge in [-0.15, -0.1) is 0 Å². The van der Waals surface area contributed by atoms with E-state index in [1.54, 1.807) is 0 Å². The Morgan fingerprint density at radius 1 is 0.589 bits per heavy atom. The van der Waals surface area contributed by atoms with Crippen LogP contribution < -0.4 is 0 Å². The molecular formula is C43H73O12P. The van der Waals surface area contributed by atoms with Crippen LogP contribution >= 0.6 is 7.82 Å². The smallest absolute Gasteiger partial charge is 0.457 e. The molecule has 0 aliphatic heterocycles. The van der Waals surface area contributed by atoms with Gasteiger partial charge >= 0.3 is 13.8 Å². The maximum atomic E-state index is 12.7. The summed E-state index contributed by atoms with van der Waals surface area (Å²) in [4.78, 5) is 23.0. The van der Waals surface area contributed by atoms with Gasteiger partial charge in [-0.25, -0.2) is 4.57 Å². The molecule has 0 aromatic heterocycles. The number of phosphoric ester groups is 1. The molecule has 1 saturated carbocycles. The van der Waals surface area contributed by atoms with Gasteiger partial charge in [0, 0.05) is 13.0 Å². The Morgan fingerprint density at radius 3 is 1.54 bits per heavy atom. The highest BCUT2D eigenvalue weighted by molar-refractivity contribution is 7.47. The summed E-state index contributed by atoms with van der Waals surface area (Å²) in [5.74, 6) is -0.504. The van der Waals surface area contributed by atoms with Crippen molar-refractivity contribution in [3.8, 4) is 0 Å². The third kappa shape index (κ3) is 25.9. The lowest BCUT2D eigenvalue weighted by Crippen LogP contribution is -2.64. The third-order valence-corrected chi connectivity index (χ3v) is 10.1. The van der Waals surface area contributed by atoms with Crippen molar-refractivity contribution in [1.29, 1.82) is 0 Å². The van der Waals surface area contributed by atoms with Crippen LogP contribution in [0.15, 0.2) is 72.9 Å². The van der Waals surface area contributed by atoms with Crippen molar-refractivity contribution >= 4 is 13.8 Å². The van der Waals surface area contributed by atoms with E-state index in [1.165, 1.54) is 32.1 Å². The van der Waals surface area contributed by atoms with Gasteiger partial charge in [0.1, 0.15) is 42.7 Å². The Bertz CT molecular complexity index is 1200. The number of allylic oxidation sites excluding steroid dienone is 12. The Morgan fingerprint density at radius 2 is 1.04 bits per heavy atom. The molecule has 0 radical (unpaired) electrons. The van der Waals surface area contributed by atoms with Gasteiger partial charge in [0.05, 0.1) is 13.2 Å². The second kappa shape index (κ2) is 33.7. The van der Waals surface area contributed by atoms with Gasteiger partial charge in [0.2, 0.25) is 0 Å². The molecule has 12 nitrogen and oxygen atoms in total. The summed E-state index contributed by atoms with van der Waals surface area (Å²) in [6.45, 7) is 3.94. The first-order chi connectivity index (χ1) is 27.0. The first-order valence-electron chi connectivity index (χ1n) is 20.8. The molecule has 0 spiro atoms. The molecule has 6 unspecified atom stereocenters. The topological polar surface area (TPSA) is 192 Å². The van der Waals surface area contributed by atoms with Crippen molar-refractivity contribution in [2.45, 2.75) is 172 Å². The number of ether oxygens (including phenoxy) is 2. The highest BCUT2D eigenvalue weighted by Gasteiger charge is 2.51. The lowest BCUT2D eigenvalue weighted by atomic mass is 9.85. The number of hydrogen-bond donors (Lipinski definition) is 6. The summed E-state index contributed by atoms with van der Waals surface area (Å²) >= 11 is 0. The molecular weight excluding hydrogens is 739 g/mol. The minimum atomic E-state index is -5.03. The van der Waals surface area contributed by atoms with Crippen molar-refractivity contribution in [3.63, 3.8) is 0 Å². The van der Waals surface area contributed by atoms with Gasteiger partial charge in [-0.2, -0.15) is 0 Å². The van der Waals surface area contributed by atoms with E-state index in [9.17, 15) is 39.8 Å². The van der Waals surface area contributed by atoms with Gasteiger partial charge in [-0.1, -0.05) is 138 Å². The fourth-order valence-corrected chi connectivity index (χ4v) is 6.75. The summed E-state index contributed by atoms with van der Waals surface area (Å²) < 4.78 is 33.9. The van der Waals surface area contributed by atoms with E-state index in [2.05, 4.69) is 86.8 Å². The Balaban J connectivity index is 2.46. The molecule has 1 aliphatic rings. The average molecular weight is 813 g/mol. The lowest BCUT2D eigenvalue weighted by Gasteiger charge is -2.41. The molecule has 0 aromatic carbocycles. The zero-order valence-corrected chi connectivity index (χ0v) is 34.8.